The molecule has 0 fully saturated rings. The van der Waals surface area contributed by atoms with E-state index in [4.69, 9.17) is 10.2 Å². The average Bonchev–Trinajstić information content (AvgIpc) is 2.26. The van der Waals surface area contributed by atoms with Crippen LogP contribution in [-0.2, 0) is 0 Å². The first kappa shape index (κ1) is 11.9. The van der Waals surface area contributed by atoms with E-state index in [0.29, 0.717) is 0 Å². The number of pyridine rings is 1. The average molecular weight is 230 g/mol. The molecule has 1 aromatic rings. The van der Waals surface area contributed by atoms with Gasteiger partial charge in [-0.2, -0.15) is 0 Å². The number of hydrogen-bond acceptors (Lipinski definition) is 6. The van der Waals surface area contributed by atoms with Crippen LogP contribution in [0.25, 0.3) is 0 Å². The van der Waals surface area contributed by atoms with Crippen LogP contribution >= 0.6 is 11.8 Å². The van der Waals surface area contributed by atoms with Gasteiger partial charge in [-0.1, -0.05) is 11.8 Å². The van der Waals surface area contributed by atoms with Crippen molar-refractivity contribution >= 4 is 17.4 Å². The highest BCUT2D eigenvalue weighted by atomic mass is 32.2. The Morgan fingerprint density at radius 2 is 2.40 bits per heavy atom. The highest BCUT2D eigenvalue weighted by molar-refractivity contribution is 7.99. The molecule has 82 valence electrons. The lowest BCUT2D eigenvalue weighted by Gasteiger charge is -2.05. The van der Waals surface area contributed by atoms with Gasteiger partial charge in [-0.3, -0.25) is 10.1 Å². The zero-order valence-corrected chi connectivity index (χ0v) is 8.55. The van der Waals surface area contributed by atoms with Crippen LogP contribution in [0.15, 0.2) is 23.4 Å². The Morgan fingerprint density at radius 3 is 3.00 bits per heavy atom. The van der Waals surface area contributed by atoms with Crippen LogP contribution in [0.2, 0.25) is 0 Å². The molecule has 0 saturated heterocycles. The molecule has 0 radical (unpaired) electrons. The zero-order valence-electron chi connectivity index (χ0n) is 7.74. The molecule has 1 heterocycles. The molecule has 2 N–H and O–H groups in total. The van der Waals surface area contributed by atoms with Crippen molar-refractivity contribution in [2.24, 2.45) is 0 Å². The van der Waals surface area contributed by atoms with Crippen molar-refractivity contribution in [2.75, 3.05) is 12.4 Å². The van der Waals surface area contributed by atoms with E-state index in [9.17, 15) is 10.1 Å². The summed E-state index contributed by atoms with van der Waals surface area (Å²) >= 11 is 1.05. The molecule has 7 heteroatoms. The zero-order chi connectivity index (χ0) is 11.3. The van der Waals surface area contributed by atoms with E-state index in [1.807, 2.05) is 0 Å². The summed E-state index contributed by atoms with van der Waals surface area (Å²) in [4.78, 5) is 13.9. The summed E-state index contributed by atoms with van der Waals surface area (Å²) in [6.45, 7) is -0.367. The molecule has 0 bridgehead atoms. The Balaban J connectivity index is 2.72. The number of thioether (sulfide) groups is 1. The van der Waals surface area contributed by atoms with Gasteiger partial charge in [-0.15, -0.1) is 0 Å². The van der Waals surface area contributed by atoms with E-state index in [-0.39, 0.29) is 23.1 Å². The van der Waals surface area contributed by atoms with Crippen molar-refractivity contribution in [2.45, 2.75) is 11.1 Å². The van der Waals surface area contributed by atoms with E-state index in [1.165, 1.54) is 18.3 Å². The number of aliphatic hydroxyl groups excluding tert-OH is 2. The number of aromatic nitrogens is 1. The van der Waals surface area contributed by atoms with Gasteiger partial charge in [-0.25, -0.2) is 4.98 Å². The number of nitrogens with zero attached hydrogens (tertiary/aromatic N) is 2. The molecule has 0 amide bonds. The summed E-state index contributed by atoms with van der Waals surface area (Å²) in [5.74, 6) is 0.175. The fraction of sp³-hybridized carbons (Fsp3) is 0.375. The molecule has 0 spiro atoms. The van der Waals surface area contributed by atoms with E-state index >= 15 is 0 Å². The smallest absolute Gasteiger partial charge is 0.301 e. The summed E-state index contributed by atoms with van der Waals surface area (Å²) < 4.78 is 0. The minimum absolute atomic E-state index is 0.0901. The lowest BCUT2D eigenvalue weighted by Crippen LogP contribution is -2.14. The van der Waals surface area contributed by atoms with Gasteiger partial charge in [0.1, 0.15) is 0 Å². The third-order valence-corrected chi connectivity index (χ3v) is 2.71. The fourth-order valence-corrected chi connectivity index (χ4v) is 1.74. The Kier molecular flexibility index (Phi) is 4.47. The molecule has 1 atom stereocenters. The van der Waals surface area contributed by atoms with E-state index in [1.54, 1.807) is 0 Å². The summed E-state index contributed by atoms with van der Waals surface area (Å²) in [7, 11) is 0. The Bertz CT molecular complexity index is 347. The third kappa shape index (κ3) is 3.46. The fourth-order valence-electron chi connectivity index (χ4n) is 0.860. The molecular weight excluding hydrogens is 220 g/mol. The van der Waals surface area contributed by atoms with Crippen molar-refractivity contribution in [1.29, 1.82) is 0 Å². The Labute approximate surface area is 90.1 Å². The number of nitro groups is 1. The van der Waals surface area contributed by atoms with E-state index in [0.717, 1.165) is 11.8 Å². The number of hydrogen-bond donors (Lipinski definition) is 2. The minimum Gasteiger partial charge on any atom is -0.394 e. The quantitative estimate of drug-likeness (QED) is 0.432. The van der Waals surface area contributed by atoms with Gasteiger partial charge in [0.15, 0.2) is 5.03 Å². The molecular formula is C8H10N2O4S. The Morgan fingerprint density at radius 1 is 1.67 bits per heavy atom. The van der Waals surface area contributed by atoms with Crippen LogP contribution in [-0.4, -0.2) is 38.6 Å². The minimum atomic E-state index is -0.892. The van der Waals surface area contributed by atoms with Crippen molar-refractivity contribution < 1.29 is 15.1 Å². The molecule has 15 heavy (non-hydrogen) atoms. The summed E-state index contributed by atoms with van der Waals surface area (Å²) in [6, 6.07) is 2.82. The molecule has 0 aliphatic heterocycles. The molecule has 1 rings (SSSR count). The van der Waals surface area contributed by atoms with Crippen LogP contribution in [0.3, 0.4) is 0 Å². The maximum atomic E-state index is 10.6. The topological polar surface area (TPSA) is 96.5 Å². The molecule has 0 aliphatic carbocycles. The van der Waals surface area contributed by atoms with Crippen LogP contribution in [0.5, 0.6) is 0 Å². The van der Waals surface area contributed by atoms with Crippen molar-refractivity contribution in [3.8, 4) is 0 Å². The van der Waals surface area contributed by atoms with Crippen LogP contribution in [0, 0.1) is 10.1 Å². The second-order valence-corrected chi connectivity index (χ2v) is 3.74. The van der Waals surface area contributed by atoms with Crippen LogP contribution < -0.4 is 0 Å². The highest BCUT2D eigenvalue weighted by Gasteiger charge is 2.15. The molecule has 1 unspecified atom stereocenters. The van der Waals surface area contributed by atoms with Crippen LogP contribution in [0.1, 0.15) is 0 Å². The monoisotopic (exact) mass is 230 g/mol. The van der Waals surface area contributed by atoms with E-state index in [2.05, 4.69) is 4.98 Å². The lowest BCUT2D eigenvalue weighted by atomic mass is 10.4. The summed E-state index contributed by atoms with van der Waals surface area (Å²) in [5, 5.41) is 28.5. The van der Waals surface area contributed by atoms with Crippen molar-refractivity contribution in [3.05, 3.63) is 28.4 Å². The molecule has 6 nitrogen and oxygen atoms in total. The summed E-state index contributed by atoms with van der Waals surface area (Å²) in [6.07, 6.45) is 0.553. The standard InChI is InChI=1S/C8H10N2O4S/c11-4-6(12)5-15-8-7(10(13)14)2-1-3-9-8/h1-3,6,11-12H,4-5H2. The van der Waals surface area contributed by atoms with Gasteiger partial charge in [0, 0.05) is 18.0 Å². The predicted molar refractivity (Wildman–Crippen MR) is 54.7 cm³/mol. The second kappa shape index (κ2) is 5.64. The van der Waals surface area contributed by atoms with Gasteiger partial charge in [0.2, 0.25) is 0 Å². The lowest BCUT2D eigenvalue weighted by molar-refractivity contribution is -0.388. The van der Waals surface area contributed by atoms with Gasteiger partial charge >= 0.3 is 5.69 Å². The maximum Gasteiger partial charge on any atom is 0.301 e. The molecule has 0 aromatic carbocycles. The number of aliphatic hydroxyl groups is 2. The first-order chi connectivity index (χ1) is 7.15. The van der Waals surface area contributed by atoms with Crippen molar-refractivity contribution in [3.63, 3.8) is 0 Å². The predicted octanol–water partition coefficient (Wildman–Crippen LogP) is 0.435. The molecule has 0 aliphatic rings. The number of rotatable bonds is 5. The molecule has 1 aromatic heterocycles. The van der Waals surface area contributed by atoms with Gasteiger partial charge in [0.25, 0.3) is 0 Å². The molecule has 0 saturated carbocycles. The van der Waals surface area contributed by atoms with Gasteiger partial charge < -0.3 is 10.2 Å². The van der Waals surface area contributed by atoms with Crippen LogP contribution in [0.4, 0.5) is 5.69 Å². The Hall–Kier alpha value is -1.18. The largest absolute Gasteiger partial charge is 0.394 e. The first-order valence-electron chi connectivity index (χ1n) is 4.16. The van der Waals surface area contributed by atoms with Gasteiger partial charge in [-0.05, 0) is 6.07 Å². The SMILES string of the molecule is O=[N+]([O-])c1cccnc1SCC(O)CO. The third-order valence-electron chi connectivity index (χ3n) is 1.57. The van der Waals surface area contributed by atoms with E-state index < -0.39 is 11.0 Å². The normalized spacial score (nSPS) is 12.4. The summed E-state index contributed by atoms with van der Waals surface area (Å²) in [5.41, 5.74) is -0.0901. The first-order valence-corrected chi connectivity index (χ1v) is 5.15. The van der Waals surface area contributed by atoms with Crippen molar-refractivity contribution in [1.82, 2.24) is 4.98 Å². The second-order valence-electron chi connectivity index (χ2n) is 2.73. The van der Waals surface area contributed by atoms with Gasteiger partial charge in [0.05, 0.1) is 17.6 Å². The highest BCUT2D eigenvalue weighted by Crippen LogP contribution is 2.26. The maximum absolute atomic E-state index is 10.6.